The molecule has 0 aliphatic carbocycles. The van der Waals surface area contributed by atoms with Gasteiger partial charge in [0.2, 0.25) is 0 Å². The fraction of sp³-hybridized carbons (Fsp3) is 0.619. The van der Waals surface area contributed by atoms with E-state index in [1.54, 1.807) is 11.8 Å². The summed E-state index contributed by atoms with van der Waals surface area (Å²) in [7, 11) is 0. The van der Waals surface area contributed by atoms with Crippen molar-refractivity contribution >= 4 is 12.1 Å². The maximum absolute atomic E-state index is 12.1. The number of urea groups is 1. The molecule has 1 aliphatic heterocycles. The summed E-state index contributed by atoms with van der Waals surface area (Å²) in [5.74, 6) is 0. The first-order valence-electron chi connectivity index (χ1n) is 9.85. The summed E-state index contributed by atoms with van der Waals surface area (Å²) >= 11 is 0. The van der Waals surface area contributed by atoms with E-state index in [9.17, 15) is 9.59 Å². The van der Waals surface area contributed by atoms with Crippen molar-refractivity contribution in [2.24, 2.45) is 0 Å². The zero-order chi connectivity index (χ0) is 19.9. The molecule has 1 aromatic carbocycles. The molecule has 6 heteroatoms. The average molecular weight is 376 g/mol. The van der Waals surface area contributed by atoms with Gasteiger partial charge < -0.3 is 20.3 Å². The average Bonchev–Trinajstić information content (AvgIpc) is 2.62. The number of carbonyl (C=O) groups is 2. The molecule has 0 atom stereocenters. The van der Waals surface area contributed by atoms with Gasteiger partial charge in [-0.1, -0.05) is 45.0 Å². The molecule has 0 aromatic heterocycles. The van der Waals surface area contributed by atoms with E-state index >= 15 is 0 Å². The molecule has 3 amide bonds. The highest BCUT2D eigenvalue weighted by molar-refractivity contribution is 5.74. The molecule has 0 spiro atoms. The second-order valence-corrected chi connectivity index (χ2v) is 8.06. The maximum atomic E-state index is 12.1. The fourth-order valence-electron chi connectivity index (χ4n) is 3.15. The highest BCUT2D eigenvalue weighted by Gasteiger charge is 2.24. The summed E-state index contributed by atoms with van der Waals surface area (Å²) in [5, 5.41) is 5.92. The third-order valence-corrected chi connectivity index (χ3v) is 4.88. The van der Waals surface area contributed by atoms with Crippen LogP contribution >= 0.6 is 0 Å². The van der Waals surface area contributed by atoms with Crippen molar-refractivity contribution in [2.75, 3.05) is 26.2 Å². The summed E-state index contributed by atoms with van der Waals surface area (Å²) in [6.07, 6.45) is 2.04. The van der Waals surface area contributed by atoms with Crippen LogP contribution in [-0.4, -0.2) is 49.3 Å². The molecule has 150 valence electrons. The van der Waals surface area contributed by atoms with E-state index in [1.165, 1.54) is 11.1 Å². The molecule has 27 heavy (non-hydrogen) atoms. The molecule has 0 unspecified atom stereocenters. The molecular weight excluding hydrogens is 342 g/mol. The highest BCUT2D eigenvalue weighted by atomic mass is 16.6. The monoisotopic (exact) mass is 375 g/mol. The van der Waals surface area contributed by atoms with Gasteiger partial charge in [0.05, 0.1) is 6.61 Å². The van der Waals surface area contributed by atoms with Gasteiger partial charge >= 0.3 is 12.1 Å². The van der Waals surface area contributed by atoms with Crippen LogP contribution in [-0.2, 0) is 16.6 Å². The Morgan fingerprint density at radius 1 is 1.15 bits per heavy atom. The number of hydrogen-bond acceptors (Lipinski definition) is 3. The van der Waals surface area contributed by atoms with Crippen molar-refractivity contribution < 1.29 is 14.3 Å². The Balaban J connectivity index is 1.66. The van der Waals surface area contributed by atoms with Crippen LogP contribution < -0.4 is 10.6 Å². The van der Waals surface area contributed by atoms with Crippen LogP contribution in [0.1, 0.15) is 51.7 Å². The van der Waals surface area contributed by atoms with Crippen molar-refractivity contribution in [1.29, 1.82) is 0 Å². The predicted octanol–water partition coefficient (Wildman–Crippen LogP) is 3.45. The molecule has 1 heterocycles. The second-order valence-electron chi connectivity index (χ2n) is 8.06. The third kappa shape index (κ3) is 6.77. The lowest BCUT2D eigenvalue weighted by molar-refractivity contribution is 0.0957. The first-order chi connectivity index (χ1) is 12.8. The normalized spacial score (nSPS) is 15.3. The number of carbonyl (C=O) groups excluding carboxylic acids is 2. The molecule has 1 fully saturated rings. The standard InChI is InChI=1S/C21H33N3O3/c1-5-27-20(26)24-14-11-18(12-15-24)23-19(25)22-13-10-16-6-8-17(9-7-16)21(2,3)4/h6-9,18H,5,10-15H2,1-4H3,(H2,22,23,25). The summed E-state index contributed by atoms with van der Waals surface area (Å²) in [4.78, 5) is 25.5. The van der Waals surface area contributed by atoms with E-state index in [0.717, 1.165) is 19.3 Å². The van der Waals surface area contributed by atoms with Gasteiger partial charge in [0.25, 0.3) is 0 Å². The Morgan fingerprint density at radius 2 is 1.78 bits per heavy atom. The van der Waals surface area contributed by atoms with Gasteiger partial charge in [0.15, 0.2) is 0 Å². The van der Waals surface area contributed by atoms with Crippen LogP contribution in [0.5, 0.6) is 0 Å². The Morgan fingerprint density at radius 3 is 2.33 bits per heavy atom. The van der Waals surface area contributed by atoms with E-state index < -0.39 is 0 Å². The fourth-order valence-corrected chi connectivity index (χ4v) is 3.15. The topological polar surface area (TPSA) is 70.7 Å². The molecular formula is C21H33N3O3. The Kier molecular flexibility index (Phi) is 7.51. The lowest BCUT2D eigenvalue weighted by Crippen LogP contribution is -2.49. The maximum Gasteiger partial charge on any atom is 0.409 e. The third-order valence-electron chi connectivity index (χ3n) is 4.88. The van der Waals surface area contributed by atoms with Crippen molar-refractivity contribution in [2.45, 2.75) is 58.4 Å². The molecule has 2 N–H and O–H groups in total. The van der Waals surface area contributed by atoms with Gasteiger partial charge in [0.1, 0.15) is 0 Å². The summed E-state index contributed by atoms with van der Waals surface area (Å²) in [5.41, 5.74) is 2.68. The van der Waals surface area contributed by atoms with Gasteiger partial charge in [-0.05, 0) is 42.7 Å². The van der Waals surface area contributed by atoms with Crippen LogP contribution in [0.15, 0.2) is 24.3 Å². The molecule has 0 saturated carbocycles. The molecule has 1 aliphatic rings. The van der Waals surface area contributed by atoms with Crippen LogP contribution in [0.4, 0.5) is 9.59 Å². The molecule has 0 bridgehead atoms. The molecule has 1 saturated heterocycles. The number of likely N-dealkylation sites (tertiary alicyclic amines) is 1. The lowest BCUT2D eigenvalue weighted by atomic mass is 9.86. The summed E-state index contributed by atoms with van der Waals surface area (Å²) in [6, 6.07) is 8.54. The van der Waals surface area contributed by atoms with Crippen molar-refractivity contribution in [1.82, 2.24) is 15.5 Å². The Bertz CT molecular complexity index is 615. The highest BCUT2D eigenvalue weighted by Crippen LogP contribution is 2.22. The van der Waals surface area contributed by atoms with Gasteiger partial charge in [-0.2, -0.15) is 0 Å². The smallest absolute Gasteiger partial charge is 0.409 e. The lowest BCUT2D eigenvalue weighted by Gasteiger charge is -2.31. The number of nitrogens with zero attached hydrogens (tertiary/aromatic N) is 1. The van der Waals surface area contributed by atoms with E-state index in [2.05, 4.69) is 55.7 Å². The zero-order valence-electron chi connectivity index (χ0n) is 17.0. The van der Waals surface area contributed by atoms with E-state index in [4.69, 9.17) is 4.74 Å². The summed E-state index contributed by atoms with van der Waals surface area (Å²) in [6.45, 7) is 10.6. The van der Waals surface area contributed by atoms with Gasteiger partial charge in [-0.3, -0.25) is 0 Å². The Labute approximate surface area is 162 Å². The van der Waals surface area contributed by atoms with E-state index in [1.807, 2.05) is 0 Å². The van der Waals surface area contributed by atoms with Gasteiger partial charge in [-0.25, -0.2) is 9.59 Å². The number of nitrogens with one attached hydrogen (secondary N) is 2. The summed E-state index contributed by atoms with van der Waals surface area (Å²) < 4.78 is 5.01. The number of ether oxygens (including phenoxy) is 1. The van der Waals surface area contributed by atoms with Gasteiger partial charge in [-0.15, -0.1) is 0 Å². The number of benzene rings is 1. The van der Waals surface area contributed by atoms with Crippen LogP contribution in [0, 0.1) is 0 Å². The Hall–Kier alpha value is -2.24. The minimum atomic E-state index is -0.266. The molecule has 0 radical (unpaired) electrons. The second kappa shape index (κ2) is 9.62. The SMILES string of the molecule is CCOC(=O)N1CCC(NC(=O)NCCc2ccc(C(C)(C)C)cc2)CC1. The first-order valence-corrected chi connectivity index (χ1v) is 9.85. The van der Waals surface area contributed by atoms with E-state index in [0.29, 0.717) is 26.2 Å². The first kappa shape index (κ1) is 21.1. The minimum absolute atomic E-state index is 0.0988. The number of piperidine rings is 1. The number of hydrogen-bond donors (Lipinski definition) is 2. The predicted molar refractivity (Wildman–Crippen MR) is 107 cm³/mol. The quantitative estimate of drug-likeness (QED) is 0.828. The van der Waals surface area contributed by atoms with Crippen LogP contribution in [0.25, 0.3) is 0 Å². The zero-order valence-corrected chi connectivity index (χ0v) is 17.0. The molecule has 2 rings (SSSR count). The molecule has 1 aromatic rings. The number of amides is 3. The van der Waals surface area contributed by atoms with Crippen molar-refractivity contribution in [3.8, 4) is 0 Å². The largest absolute Gasteiger partial charge is 0.450 e. The van der Waals surface area contributed by atoms with Crippen LogP contribution in [0.3, 0.4) is 0 Å². The van der Waals surface area contributed by atoms with Gasteiger partial charge in [0, 0.05) is 25.7 Å². The van der Waals surface area contributed by atoms with Crippen molar-refractivity contribution in [3.05, 3.63) is 35.4 Å². The van der Waals surface area contributed by atoms with Crippen LogP contribution in [0.2, 0.25) is 0 Å². The number of rotatable bonds is 5. The van der Waals surface area contributed by atoms with Crippen molar-refractivity contribution in [3.63, 3.8) is 0 Å². The van der Waals surface area contributed by atoms with E-state index in [-0.39, 0.29) is 23.6 Å². The minimum Gasteiger partial charge on any atom is -0.450 e. The molecule has 6 nitrogen and oxygen atoms in total.